The molecule has 0 radical (unpaired) electrons. The van der Waals surface area contributed by atoms with E-state index in [9.17, 15) is 25.9 Å². The van der Waals surface area contributed by atoms with Crippen molar-refractivity contribution in [3.05, 3.63) is 24.3 Å². The first kappa shape index (κ1) is 89.7. The summed E-state index contributed by atoms with van der Waals surface area (Å²) in [6.07, 6.45) is 90.6. The summed E-state index contributed by atoms with van der Waals surface area (Å²) in [6.45, 7) is 9.07. The van der Waals surface area contributed by atoms with E-state index in [1.54, 1.807) is 0 Å². The molecule has 2 atom stereocenters. The molecule has 0 rings (SSSR count). The molecule has 0 saturated heterocycles. The van der Waals surface area contributed by atoms with Crippen LogP contribution in [0.5, 0.6) is 0 Å². The maximum atomic E-state index is 11.0. The van der Waals surface area contributed by atoms with Crippen molar-refractivity contribution in [3.63, 3.8) is 0 Å². The molecule has 0 heterocycles. The average Bonchev–Trinajstić information content (AvgIpc) is 3.46. The zero-order valence-corrected chi connectivity index (χ0v) is 61.3. The van der Waals surface area contributed by atoms with Gasteiger partial charge in [0.15, 0.2) is 0 Å². The fraction of sp³-hybridized carbons (Fsp3) is 0.946. The smallest absolute Gasteiger partial charge is 0.726 e. The molecule has 0 aromatic carbocycles. The Bertz CT molecular complexity index is 1410. The van der Waals surface area contributed by atoms with Gasteiger partial charge in [0.1, 0.15) is 0 Å². The zero-order valence-electron chi connectivity index (χ0n) is 57.5. The van der Waals surface area contributed by atoms with Crippen LogP contribution in [0.1, 0.15) is 426 Å². The van der Waals surface area contributed by atoms with Crippen molar-refractivity contribution in [1.82, 2.24) is 0 Å². The maximum absolute atomic E-state index is 11.0. The molecule has 0 amide bonds. The Kier molecular flexibility index (Phi) is 79.3. The minimum atomic E-state index is -4.62. The van der Waals surface area contributed by atoms with Crippen LogP contribution >= 0.6 is 0 Å². The van der Waals surface area contributed by atoms with Gasteiger partial charge in [0.05, 0.1) is 13.2 Å². The SMILES string of the molecule is CCCCCCCCCCCCCCCCCC/C=C/C(CCCCCCCCCCCCCCC)COS(=O)(=O)[O-].CCCCCCCCCCCCCCCCCC/C=C/C(CCCCCCCCCCCCCCC)COS(=O)(=O)[O-].[Ca+2]. The largest absolute Gasteiger partial charge is 2.00 e. The zero-order chi connectivity index (χ0) is 61.7. The summed E-state index contributed by atoms with van der Waals surface area (Å²) in [5, 5.41) is 0. The fourth-order valence-electron chi connectivity index (χ4n) is 11.9. The molecule has 0 saturated carbocycles. The quantitative estimate of drug-likeness (QED) is 0.0193. The van der Waals surface area contributed by atoms with Crippen LogP contribution in [0.25, 0.3) is 0 Å². The standard InChI is InChI=1S/2C37H74O4S.Ca/c2*1-3-5-7-9-11-13-15-17-18-19-20-21-23-25-27-29-31-33-35-37(36-41-42(38,39)40)34-32-30-28-26-24-22-16-14-12-10-8-6-4-2;/h2*33,35,37H,3-32,34,36H2,1-2H3,(H,38,39,40);/q;;+2/p-2/b2*35-33+;. The summed E-state index contributed by atoms with van der Waals surface area (Å²) in [5.41, 5.74) is 0. The van der Waals surface area contributed by atoms with Gasteiger partial charge < -0.3 is 9.11 Å². The second-order valence-corrected chi connectivity index (χ2v) is 28.1. The Balaban J connectivity index is -0.00000156. The Morgan fingerprint density at radius 1 is 0.259 bits per heavy atom. The summed E-state index contributed by atoms with van der Waals surface area (Å²) in [7, 11) is -9.25. The molecule has 8 nitrogen and oxygen atoms in total. The summed E-state index contributed by atoms with van der Waals surface area (Å²) in [4.78, 5) is 0. The molecular formula is C74H146CaO8S2. The monoisotopic (exact) mass is 1270 g/mol. The van der Waals surface area contributed by atoms with Crippen LogP contribution in [0.3, 0.4) is 0 Å². The molecule has 0 aliphatic heterocycles. The minimum Gasteiger partial charge on any atom is -0.726 e. The van der Waals surface area contributed by atoms with Crippen LogP contribution in [0.4, 0.5) is 0 Å². The summed E-state index contributed by atoms with van der Waals surface area (Å²) < 4.78 is 75.0. The molecule has 2 unspecified atom stereocenters. The van der Waals surface area contributed by atoms with E-state index in [0.29, 0.717) is 0 Å². The normalized spacial score (nSPS) is 12.8. The fourth-order valence-corrected chi connectivity index (χ4v) is 12.5. The molecule has 0 aromatic heterocycles. The van der Waals surface area contributed by atoms with Gasteiger partial charge in [-0.3, -0.25) is 8.37 Å². The number of unbranched alkanes of at least 4 members (excludes halogenated alkanes) is 56. The third kappa shape index (κ3) is 84.5. The van der Waals surface area contributed by atoms with Crippen LogP contribution in [0.15, 0.2) is 24.3 Å². The molecule has 0 spiro atoms. The van der Waals surface area contributed by atoms with Crippen molar-refractivity contribution >= 4 is 58.5 Å². The predicted octanol–water partition coefficient (Wildman–Crippen LogP) is 25.2. The maximum Gasteiger partial charge on any atom is 2.00 e. The first-order chi connectivity index (χ1) is 41.0. The Labute approximate surface area is 563 Å². The van der Waals surface area contributed by atoms with Gasteiger partial charge in [-0.25, -0.2) is 16.8 Å². The third-order valence-corrected chi connectivity index (χ3v) is 18.3. The van der Waals surface area contributed by atoms with E-state index in [2.05, 4.69) is 60.4 Å². The second kappa shape index (κ2) is 75.2. The van der Waals surface area contributed by atoms with Crippen molar-refractivity contribution < 1.29 is 34.3 Å². The first-order valence-corrected chi connectivity index (χ1v) is 40.2. The van der Waals surface area contributed by atoms with Gasteiger partial charge in [0.25, 0.3) is 0 Å². The number of allylic oxidation sites excluding steroid dienone is 2. The van der Waals surface area contributed by atoms with Gasteiger partial charge >= 0.3 is 37.7 Å². The van der Waals surface area contributed by atoms with Gasteiger partial charge in [-0.2, -0.15) is 0 Å². The first-order valence-electron chi connectivity index (χ1n) is 37.5. The van der Waals surface area contributed by atoms with Crippen molar-refractivity contribution in [3.8, 4) is 0 Å². The molecule has 0 aromatic rings. The Morgan fingerprint density at radius 2 is 0.412 bits per heavy atom. The van der Waals surface area contributed by atoms with E-state index in [-0.39, 0.29) is 62.8 Å². The van der Waals surface area contributed by atoms with E-state index in [1.807, 2.05) is 0 Å². The van der Waals surface area contributed by atoms with Crippen LogP contribution in [-0.2, 0) is 29.2 Å². The molecule has 0 N–H and O–H groups in total. The second-order valence-electron chi connectivity index (χ2n) is 26.0. The summed E-state index contributed by atoms with van der Waals surface area (Å²) in [6, 6.07) is 0. The van der Waals surface area contributed by atoms with Gasteiger partial charge in [-0.1, -0.05) is 412 Å². The Morgan fingerprint density at radius 3 is 0.576 bits per heavy atom. The molecule has 0 bridgehead atoms. The number of hydrogen-bond acceptors (Lipinski definition) is 8. The van der Waals surface area contributed by atoms with Crippen molar-refractivity contribution in [2.45, 2.75) is 426 Å². The van der Waals surface area contributed by atoms with Crippen LogP contribution in [-0.4, -0.2) is 76.9 Å². The number of hydrogen-bond donors (Lipinski definition) is 0. The van der Waals surface area contributed by atoms with Gasteiger partial charge in [0, 0.05) is 11.8 Å². The summed E-state index contributed by atoms with van der Waals surface area (Å²) >= 11 is 0. The van der Waals surface area contributed by atoms with E-state index >= 15 is 0 Å². The van der Waals surface area contributed by atoms with E-state index in [1.165, 1.54) is 360 Å². The molecule has 0 fully saturated rings. The van der Waals surface area contributed by atoms with Crippen LogP contribution in [0.2, 0.25) is 0 Å². The van der Waals surface area contributed by atoms with Gasteiger partial charge in [-0.15, -0.1) is 0 Å². The van der Waals surface area contributed by atoms with Crippen molar-refractivity contribution in [1.29, 1.82) is 0 Å². The predicted molar refractivity (Wildman–Crippen MR) is 371 cm³/mol. The Hall–Kier alpha value is 0.480. The topological polar surface area (TPSA) is 133 Å². The molecule has 0 aliphatic rings. The van der Waals surface area contributed by atoms with Gasteiger partial charge in [0.2, 0.25) is 20.8 Å². The number of rotatable bonds is 70. The van der Waals surface area contributed by atoms with Crippen LogP contribution < -0.4 is 0 Å². The van der Waals surface area contributed by atoms with E-state index in [4.69, 9.17) is 0 Å². The van der Waals surface area contributed by atoms with Crippen molar-refractivity contribution in [2.75, 3.05) is 13.2 Å². The van der Waals surface area contributed by atoms with E-state index < -0.39 is 20.8 Å². The minimum absolute atomic E-state index is 0. The molecule has 11 heteroatoms. The molecule has 0 aliphatic carbocycles. The molecule has 85 heavy (non-hydrogen) atoms. The van der Waals surface area contributed by atoms with Crippen molar-refractivity contribution in [2.24, 2.45) is 11.8 Å². The van der Waals surface area contributed by atoms with Crippen LogP contribution in [0, 0.1) is 11.8 Å². The molecular weight excluding hydrogens is 1120 g/mol. The third-order valence-electron chi connectivity index (χ3n) is 17.5. The molecule has 504 valence electrons. The summed E-state index contributed by atoms with van der Waals surface area (Å²) in [5.74, 6) is 0.0324. The van der Waals surface area contributed by atoms with Gasteiger partial charge in [-0.05, 0) is 38.5 Å². The average molecular weight is 1270 g/mol. The van der Waals surface area contributed by atoms with E-state index in [0.717, 1.165) is 38.5 Å².